The number of carbonyl (C=O) groups excluding carboxylic acids is 1. The third-order valence-electron chi connectivity index (χ3n) is 5.71. The lowest BCUT2D eigenvalue weighted by Gasteiger charge is -2.24. The predicted molar refractivity (Wildman–Crippen MR) is 127 cm³/mol. The van der Waals surface area contributed by atoms with Crippen molar-refractivity contribution in [2.24, 2.45) is 0 Å². The fraction of sp³-hybridized carbons (Fsp3) is 0.480. The Balaban J connectivity index is 1.62. The number of benzene rings is 2. The number of nitrogens with one attached hydrogen (secondary N) is 2. The van der Waals surface area contributed by atoms with Gasteiger partial charge in [-0.1, -0.05) is 19.9 Å². The second-order valence-corrected chi connectivity index (χ2v) is 8.03. The lowest BCUT2D eigenvalue weighted by Crippen LogP contribution is -2.41. The summed E-state index contributed by atoms with van der Waals surface area (Å²) in [5.41, 5.74) is 6.78. The first kappa shape index (κ1) is 23.9. The van der Waals surface area contributed by atoms with Crippen LogP contribution in [0.15, 0.2) is 36.4 Å². The van der Waals surface area contributed by atoms with Gasteiger partial charge in [0.2, 0.25) is 0 Å². The Kier molecular flexibility index (Phi) is 8.76. The summed E-state index contributed by atoms with van der Waals surface area (Å²) in [5, 5.41) is 5.06. The number of anilines is 1. The molecule has 0 spiro atoms. The molecule has 174 valence electrons. The van der Waals surface area contributed by atoms with Crippen molar-refractivity contribution in [3.05, 3.63) is 47.5 Å². The van der Waals surface area contributed by atoms with Gasteiger partial charge in [-0.05, 0) is 67.0 Å². The molecule has 0 aliphatic heterocycles. The summed E-state index contributed by atoms with van der Waals surface area (Å²) in [6.07, 6.45) is 3.88. The third kappa shape index (κ3) is 6.14. The van der Waals surface area contributed by atoms with Crippen molar-refractivity contribution in [2.75, 3.05) is 39.2 Å². The molecule has 1 atom stereocenters. The van der Waals surface area contributed by atoms with Crippen LogP contribution < -0.4 is 25.0 Å². The Labute approximate surface area is 191 Å². The molecule has 0 heterocycles. The monoisotopic (exact) mass is 441 g/mol. The van der Waals surface area contributed by atoms with Crippen LogP contribution in [0.2, 0.25) is 0 Å². The number of amides is 1. The smallest absolute Gasteiger partial charge is 0.417 e. The molecule has 1 aliphatic carbocycles. The minimum atomic E-state index is -0.540. The summed E-state index contributed by atoms with van der Waals surface area (Å²) >= 11 is 0. The second-order valence-electron chi connectivity index (χ2n) is 8.03. The van der Waals surface area contributed by atoms with E-state index in [2.05, 4.69) is 35.7 Å². The van der Waals surface area contributed by atoms with Crippen molar-refractivity contribution in [1.29, 1.82) is 0 Å². The number of rotatable bonds is 11. The van der Waals surface area contributed by atoms with Gasteiger partial charge in [-0.25, -0.2) is 9.80 Å². The lowest BCUT2D eigenvalue weighted by atomic mass is 10.0. The number of hydrogen-bond donors (Lipinski definition) is 2. The Morgan fingerprint density at radius 2 is 1.78 bits per heavy atom. The Hall–Kier alpha value is -2.77. The van der Waals surface area contributed by atoms with E-state index < -0.39 is 6.09 Å². The van der Waals surface area contributed by atoms with Gasteiger partial charge in [0, 0.05) is 31.4 Å². The highest BCUT2D eigenvalue weighted by atomic mass is 16.6. The van der Waals surface area contributed by atoms with E-state index in [-0.39, 0.29) is 0 Å². The van der Waals surface area contributed by atoms with E-state index in [1.54, 1.807) is 32.4 Å². The van der Waals surface area contributed by atoms with E-state index in [0.29, 0.717) is 28.9 Å². The minimum Gasteiger partial charge on any atom is -0.493 e. The molecule has 0 saturated heterocycles. The molecule has 0 fully saturated rings. The quantitative estimate of drug-likeness (QED) is 0.480. The summed E-state index contributed by atoms with van der Waals surface area (Å²) in [5.74, 6) is 2.10. The van der Waals surface area contributed by atoms with Crippen LogP contribution >= 0.6 is 0 Å². The van der Waals surface area contributed by atoms with E-state index in [9.17, 15) is 4.79 Å². The summed E-state index contributed by atoms with van der Waals surface area (Å²) in [4.78, 5) is 12.5. The average Bonchev–Trinajstić information content (AvgIpc) is 3.19. The Bertz CT molecular complexity index is 897. The number of hydrazine groups is 1. The van der Waals surface area contributed by atoms with Crippen molar-refractivity contribution in [1.82, 2.24) is 10.4 Å². The molecule has 0 radical (unpaired) electrons. The number of hydrogen-bond acceptors (Lipinski definition) is 6. The lowest BCUT2D eigenvalue weighted by molar-refractivity contribution is 0.182. The van der Waals surface area contributed by atoms with Crippen LogP contribution in [0.5, 0.6) is 17.2 Å². The fourth-order valence-corrected chi connectivity index (χ4v) is 4.15. The minimum absolute atomic E-state index is 0.415. The number of nitrogens with zero attached hydrogens (tertiary/aromatic N) is 1. The molecule has 7 heteroatoms. The molecule has 2 aromatic rings. The molecular formula is C25H35N3O4. The average molecular weight is 442 g/mol. The van der Waals surface area contributed by atoms with E-state index in [1.807, 2.05) is 12.1 Å². The molecule has 0 saturated carbocycles. The second kappa shape index (κ2) is 11.7. The zero-order chi connectivity index (χ0) is 22.9. The van der Waals surface area contributed by atoms with Crippen LogP contribution in [0.25, 0.3) is 0 Å². The van der Waals surface area contributed by atoms with Crippen molar-refractivity contribution >= 4 is 11.8 Å². The van der Waals surface area contributed by atoms with Gasteiger partial charge in [-0.2, -0.15) is 0 Å². The summed E-state index contributed by atoms with van der Waals surface area (Å²) in [7, 11) is 3.13. The van der Waals surface area contributed by atoms with Gasteiger partial charge in [-0.15, -0.1) is 0 Å². The van der Waals surface area contributed by atoms with Crippen LogP contribution in [0.3, 0.4) is 0 Å². The van der Waals surface area contributed by atoms with Gasteiger partial charge in [0.1, 0.15) is 5.75 Å². The van der Waals surface area contributed by atoms with Gasteiger partial charge in [0.15, 0.2) is 11.5 Å². The standard InChI is InChI=1S/C25H35N3O4/c1-5-13-28(14-6-2)26-17-19-8-7-18-9-11-21(16-22(18)19)32-25(29)27-20-10-12-23(30-3)24(15-20)31-4/h9-12,15-16,19,26H,5-8,13-14,17H2,1-4H3,(H,27,29). The molecule has 2 N–H and O–H groups in total. The maximum Gasteiger partial charge on any atom is 0.417 e. The molecule has 7 nitrogen and oxygen atoms in total. The van der Waals surface area contributed by atoms with Gasteiger partial charge >= 0.3 is 6.09 Å². The number of ether oxygens (including phenoxy) is 3. The van der Waals surface area contributed by atoms with Gasteiger partial charge in [-0.3, -0.25) is 10.7 Å². The molecule has 1 unspecified atom stereocenters. The highest BCUT2D eigenvalue weighted by molar-refractivity contribution is 5.86. The van der Waals surface area contributed by atoms with E-state index in [1.165, 1.54) is 11.1 Å². The summed E-state index contributed by atoms with van der Waals surface area (Å²) < 4.78 is 16.1. The van der Waals surface area contributed by atoms with Crippen LogP contribution in [0, 0.1) is 0 Å². The molecule has 1 aliphatic rings. The predicted octanol–water partition coefficient (Wildman–Crippen LogP) is 4.97. The van der Waals surface area contributed by atoms with Crippen molar-refractivity contribution in [3.63, 3.8) is 0 Å². The molecule has 3 rings (SSSR count). The number of fused-ring (bicyclic) bond motifs is 1. The topological polar surface area (TPSA) is 72.1 Å². The van der Waals surface area contributed by atoms with Crippen LogP contribution in [-0.2, 0) is 6.42 Å². The molecule has 0 aromatic heterocycles. The first-order valence-electron chi connectivity index (χ1n) is 11.4. The van der Waals surface area contributed by atoms with Gasteiger partial charge in [0.25, 0.3) is 0 Å². The van der Waals surface area contributed by atoms with Crippen molar-refractivity contribution in [3.8, 4) is 17.2 Å². The number of carbonyl (C=O) groups is 1. The fourth-order valence-electron chi connectivity index (χ4n) is 4.15. The zero-order valence-corrected chi connectivity index (χ0v) is 19.6. The SMILES string of the molecule is CCCN(CCC)NCC1CCc2ccc(OC(=O)Nc3ccc(OC)c(OC)c3)cc21. The molecule has 1 amide bonds. The Morgan fingerprint density at radius 1 is 1.03 bits per heavy atom. The Morgan fingerprint density at radius 3 is 2.47 bits per heavy atom. The van der Waals surface area contributed by atoms with Gasteiger partial charge < -0.3 is 14.2 Å². The highest BCUT2D eigenvalue weighted by Gasteiger charge is 2.24. The third-order valence-corrected chi connectivity index (χ3v) is 5.71. The largest absolute Gasteiger partial charge is 0.493 e. The highest BCUT2D eigenvalue weighted by Crippen LogP contribution is 2.35. The van der Waals surface area contributed by atoms with Gasteiger partial charge in [0.05, 0.1) is 14.2 Å². The summed E-state index contributed by atoms with van der Waals surface area (Å²) in [6, 6.07) is 11.1. The molecular weight excluding hydrogens is 406 g/mol. The van der Waals surface area contributed by atoms with E-state index in [4.69, 9.17) is 14.2 Å². The number of aryl methyl sites for hydroxylation is 1. The molecule has 2 aromatic carbocycles. The normalized spacial score (nSPS) is 14.8. The maximum absolute atomic E-state index is 12.5. The van der Waals surface area contributed by atoms with E-state index >= 15 is 0 Å². The summed E-state index contributed by atoms with van der Waals surface area (Å²) in [6.45, 7) is 7.39. The molecule has 0 bridgehead atoms. The van der Waals surface area contributed by atoms with Crippen LogP contribution in [0.1, 0.15) is 50.2 Å². The van der Waals surface area contributed by atoms with Crippen LogP contribution in [-0.4, -0.2) is 45.0 Å². The first-order valence-corrected chi connectivity index (χ1v) is 11.4. The first-order chi connectivity index (χ1) is 15.6. The van der Waals surface area contributed by atoms with E-state index in [0.717, 1.165) is 45.3 Å². The van der Waals surface area contributed by atoms with Crippen LogP contribution in [0.4, 0.5) is 10.5 Å². The van der Waals surface area contributed by atoms with Crippen molar-refractivity contribution in [2.45, 2.75) is 45.4 Å². The van der Waals surface area contributed by atoms with Crippen molar-refractivity contribution < 1.29 is 19.0 Å². The number of methoxy groups -OCH3 is 2. The molecule has 32 heavy (non-hydrogen) atoms. The maximum atomic E-state index is 12.5. The zero-order valence-electron chi connectivity index (χ0n) is 19.6.